The summed E-state index contributed by atoms with van der Waals surface area (Å²) in [6.45, 7) is 2.43. The van der Waals surface area contributed by atoms with Gasteiger partial charge in [-0.3, -0.25) is 4.90 Å². The van der Waals surface area contributed by atoms with Crippen LogP contribution in [0.15, 0.2) is 48.5 Å². The number of benzene rings is 2. The molecule has 4 heteroatoms. The molecule has 1 heterocycles. The van der Waals surface area contributed by atoms with Crippen molar-refractivity contribution >= 4 is 11.8 Å². The van der Waals surface area contributed by atoms with Gasteiger partial charge in [-0.05, 0) is 30.2 Å². The molecule has 0 radical (unpaired) electrons. The molecule has 3 rings (SSSR count). The Hall–Kier alpha value is -2.36. The zero-order chi connectivity index (χ0) is 14.8. The van der Waals surface area contributed by atoms with Crippen LogP contribution < -0.4 is 4.90 Å². The van der Waals surface area contributed by atoms with Crippen molar-refractivity contribution in [1.82, 2.24) is 0 Å². The second-order valence-corrected chi connectivity index (χ2v) is 5.05. The molecule has 3 nitrogen and oxygen atoms in total. The summed E-state index contributed by atoms with van der Waals surface area (Å²) in [5.41, 5.74) is 1.88. The average Bonchev–Trinajstić information content (AvgIpc) is 2.89. The molecule has 1 aliphatic heterocycles. The summed E-state index contributed by atoms with van der Waals surface area (Å²) in [6.07, 6.45) is 0.232. The van der Waals surface area contributed by atoms with Crippen molar-refractivity contribution in [3.63, 3.8) is 0 Å². The van der Waals surface area contributed by atoms with Crippen LogP contribution in [0.2, 0.25) is 0 Å². The molecular formula is C17H16FNO2. The smallest absolute Gasteiger partial charge is 0.414 e. The van der Waals surface area contributed by atoms with Crippen molar-refractivity contribution < 1.29 is 13.9 Å². The van der Waals surface area contributed by atoms with Crippen molar-refractivity contribution in [1.29, 1.82) is 0 Å². The monoisotopic (exact) mass is 285 g/mol. The van der Waals surface area contributed by atoms with Gasteiger partial charge in [-0.15, -0.1) is 0 Å². The molecule has 1 atom stereocenters. The van der Waals surface area contributed by atoms with E-state index in [4.69, 9.17) is 4.74 Å². The molecule has 0 saturated carbocycles. The van der Waals surface area contributed by atoms with Crippen molar-refractivity contribution in [2.24, 2.45) is 0 Å². The van der Waals surface area contributed by atoms with E-state index in [1.807, 2.05) is 37.3 Å². The van der Waals surface area contributed by atoms with Crippen LogP contribution in [0.25, 0.3) is 11.1 Å². The highest BCUT2D eigenvalue weighted by atomic mass is 19.1. The van der Waals surface area contributed by atoms with Crippen LogP contribution in [-0.4, -0.2) is 18.7 Å². The molecule has 1 fully saturated rings. The predicted octanol–water partition coefficient (Wildman–Crippen LogP) is 4.23. The maximum absolute atomic E-state index is 14.3. The minimum absolute atomic E-state index is 0.116. The summed E-state index contributed by atoms with van der Waals surface area (Å²) in [5.74, 6) is -0.341. The first-order chi connectivity index (χ1) is 10.2. The lowest BCUT2D eigenvalue weighted by Gasteiger charge is -2.14. The fourth-order valence-electron chi connectivity index (χ4n) is 2.47. The quantitative estimate of drug-likeness (QED) is 0.844. The normalized spacial score (nSPS) is 17.9. The topological polar surface area (TPSA) is 29.5 Å². The summed E-state index contributed by atoms with van der Waals surface area (Å²) in [7, 11) is 0. The van der Waals surface area contributed by atoms with Gasteiger partial charge in [0.15, 0.2) is 0 Å². The van der Waals surface area contributed by atoms with Gasteiger partial charge in [0.2, 0.25) is 0 Å². The zero-order valence-electron chi connectivity index (χ0n) is 11.8. The van der Waals surface area contributed by atoms with Gasteiger partial charge in [0.1, 0.15) is 11.9 Å². The van der Waals surface area contributed by atoms with Gasteiger partial charge in [0.25, 0.3) is 0 Å². The van der Waals surface area contributed by atoms with Gasteiger partial charge in [-0.2, -0.15) is 0 Å². The maximum atomic E-state index is 14.3. The standard InChI is InChI=1S/C17H16FNO2/c1-2-14-11-19(17(20)21-14)13-8-9-15(16(18)10-13)12-6-4-3-5-7-12/h3-10,14H,2,11H2,1H3/t14-/m0/s1. The minimum atomic E-state index is -0.409. The van der Waals surface area contributed by atoms with Crippen LogP contribution in [0.5, 0.6) is 0 Å². The maximum Gasteiger partial charge on any atom is 0.414 e. The fourth-order valence-corrected chi connectivity index (χ4v) is 2.47. The summed E-state index contributed by atoms with van der Waals surface area (Å²) < 4.78 is 19.5. The number of carbonyl (C=O) groups is 1. The lowest BCUT2D eigenvalue weighted by Crippen LogP contribution is -2.24. The highest BCUT2D eigenvalue weighted by Gasteiger charge is 2.31. The summed E-state index contributed by atoms with van der Waals surface area (Å²) in [5, 5.41) is 0. The van der Waals surface area contributed by atoms with Gasteiger partial charge in [-0.1, -0.05) is 37.3 Å². The Labute approximate surface area is 123 Å². The molecule has 0 aliphatic carbocycles. The van der Waals surface area contributed by atoms with Crippen LogP contribution in [0.1, 0.15) is 13.3 Å². The van der Waals surface area contributed by atoms with Crippen LogP contribution in [0.4, 0.5) is 14.9 Å². The minimum Gasteiger partial charge on any atom is -0.444 e. The molecule has 0 aromatic heterocycles. The Bertz CT molecular complexity index is 657. The second-order valence-electron chi connectivity index (χ2n) is 5.05. The highest BCUT2D eigenvalue weighted by Crippen LogP contribution is 2.29. The third kappa shape index (κ3) is 2.61. The van der Waals surface area contributed by atoms with E-state index >= 15 is 0 Å². The van der Waals surface area contributed by atoms with Gasteiger partial charge < -0.3 is 4.74 Å². The Morgan fingerprint density at radius 2 is 2.00 bits per heavy atom. The molecule has 2 aromatic rings. The van der Waals surface area contributed by atoms with E-state index in [9.17, 15) is 9.18 Å². The molecule has 108 valence electrons. The van der Waals surface area contributed by atoms with E-state index in [0.717, 1.165) is 12.0 Å². The number of amides is 1. The number of hydrogen-bond donors (Lipinski definition) is 0. The van der Waals surface area contributed by atoms with E-state index in [-0.39, 0.29) is 11.9 Å². The number of cyclic esters (lactones) is 1. The largest absolute Gasteiger partial charge is 0.444 e. The summed E-state index contributed by atoms with van der Waals surface area (Å²) in [6, 6.07) is 14.2. The van der Waals surface area contributed by atoms with Gasteiger partial charge >= 0.3 is 6.09 Å². The number of ether oxygens (including phenoxy) is 1. The molecule has 0 spiro atoms. The van der Waals surface area contributed by atoms with E-state index < -0.39 is 6.09 Å². The van der Waals surface area contributed by atoms with Crippen LogP contribution >= 0.6 is 0 Å². The number of halogens is 1. The number of rotatable bonds is 3. The molecule has 1 saturated heterocycles. The Morgan fingerprint density at radius 1 is 1.24 bits per heavy atom. The van der Waals surface area contributed by atoms with E-state index in [1.54, 1.807) is 12.1 Å². The van der Waals surface area contributed by atoms with E-state index in [0.29, 0.717) is 17.8 Å². The molecule has 1 amide bonds. The molecule has 0 unspecified atom stereocenters. The fraction of sp³-hybridized carbons (Fsp3) is 0.235. The van der Waals surface area contributed by atoms with E-state index in [2.05, 4.69) is 0 Å². The van der Waals surface area contributed by atoms with Crippen molar-refractivity contribution in [2.75, 3.05) is 11.4 Å². The van der Waals surface area contributed by atoms with Crippen molar-refractivity contribution in [2.45, 2.75) is 19.4 Å². The zero-order valence-corrected chi connectivity index (χ0v) is 11.8. The Balaban J connectivity index is 1.90. The first-order valence-corrected chi connectivity index (χ1v) is 7.02. The van der Waals surface area contributed by atoms with Crippen LogP contribution in [0, 0.1) is 5.82 Å². The lowest BCUT2D eigenvalue weighted by atomic mass is 10.0. The molecule has 2 aromatic carbocycles. The number of nitrogens with zero attached hydrogens (tertiary/aromatic N) is 1. The van der Waals surface area contributed by atoms with Gasteiger partial charge in [0.05, 0.1) is 12.2 Å². The van der Waals surface area contributed by atoms with Crippen LogP contribution in [0.3, 0.4) is 0 Å². The van der Waals surface area contributed by atoms with Crippen molar-refractivity contribution in [3.8, 4) is 11.1 Å². The van der Waals surface area contributed by atoms with Crippen LogP contribution in [-0.2, 0) is 4.74 Å². The SMILES string of the molecule is CC[C@H]1CN(c2ccc(-c3ccccc3)c(F)c2)C(=O)O1. The molecule has 0 N–H and O–H groups in total. The Morgan fingerprint density at radius 3 is 2.62 bits per heavy atom. The van der Waals surface area contributed by atoms with E-state index in [1.165, 1.54) is 11.0 Å². The Kier molecular flexibility index (Phi) is 3.60. The predicted molar refractivity (Wildman–Crippen MR) is 79.7 cm³/mol. The first kappa shape index (κ1) is 13.6. The average molecular weight is 285 g/mol. The summed E-state index contributed by atoms with van der Waals surface area (Å²) >= 11 is 0. The lowest BCUT2D eigenvalue weighted by molar-refractivity contribution is 0.139. The molecule has 1 aliphatic rings. The number of anilines is 1. The third-order valence-corrected chi connectivity index (χ3v) is 3.68. The number of hydrogen-bond acceptors (Lipinski definition) is 2. The summed E-state index contributed by atoms with van der Waals surface area (Å²) in [4.78, 5) is 13.3. The van der Waals surface area contributed by atoms with Gasteiger partial charge in [-0.25, -0.2) is 9.18 Å². The first-order valence-electron chi connectivity index (χ1n) is 7.02. The molecular weight excluding hydrogens is 269 g/mol. The third-order valence-electron chi connectivity index (χ3n) is 3.68. The molecule has 0 bridgehead atoms. The second kappa shape index (κ2) is 5.56. The molecule has 21 heavy (non-hydrogen) atoms. The van der Waals surface area contributed by atoms with Gasteiger partial charge in [0, 0.05) is 5.56 Å². The number of carbonyl (C=O) groups excluding carboxylic acids is 1. The van der Waals surface area contributed by atoms with Crippen molar-refractivity contribution in [3.05, 3.63) is 54.3 Å². The highest BCUT2D eigenvalue weighted by molar-refractivity contribution is 5.90.